The number of carbonyl (C=O) groups excluding carboxylic acids is 3. The van der Waals surface area contributed by atoms with Crippen molar-refractivity contribution in [2.24, 2.45) is 11.3 Å². The fourth-order valence-corrected chi connectivity index (χ4v) is 3.84. The molecule has 9 nitrogen and oxygen atoms in total. The average Bonchev–Trinajstić information content (AvgIpc) is 3.02. The molecule has 1 aromatic carbocycles. The molecule has 3 N–H and O–H groups in total. The van der Waals surface area contributed by atoms with Gasteiger partial charge in [0.05, 0.1) is 36.3 Å². The Morgan fingerprint density at radius 2 is 1.97 bits per heavy atom. The van der Waals surface area contributed by atoms with Crippen LogP contribution in [0.5, 0.6) is 5.75 Å². The lowest BCUT2D eigenvalue weighted by Crippen LogP contribution is -2.61. The van der Waals surface area contributed by atoms with Crippen molar-refractivity contribution >= 4 is 29.1 Å². The molecule has 1 amide bonds. The number of hydrogen-bond acceptors (Lipinski definition) is 8. The molecule has 0 radical (unpaired) electrons. The van der Waals surface area contributed by atoms with Crippen LogP contribution in [0.25, 0.3) is 5.57 Å². The van der Waals surface area contributed by atoms with Gasteiger partial charge >= 0.3 is 11.9 Å². The first-order valence-electron chi connectivity index (χ1n) is 10.00. The van der Waals surface area contributed by atoms with Crippen LogP contribution in [-0.2, 0) is 23.9 Å². The standard InChI is InChI=1S/C22H28N2O7/c1-11(25)17-15-9-13(12-6-7-14(23)16(8-12)29-5)18(24(15)19(17)26)20(27)30-10-31-21(28)22(2,3)4/h6-8,11,15,17,25H,9-10,23H2,1-5H3/t11-,15-,17-/m1/s1. The Morgan fingerprint density at radius 1 is 1.29 bits per heavy atom. The Morgan fingerprint density at radius 3 is 2.55 bits per heavy atom. The highest BCUT2D eigenvalue weighted by Crippen LogP contribution is 2.47. The number of rotatable bonds is 6. The van der Waals surface area contributed by atoms with E-state index in [9.17, 15) is 19.5 Å². The van der Waals surface area contributed by atoms with Crippen molar-refractivity contribution in [3.8, 4) is 5.75 Å². The number of benzene rings is 1. The minimum Gasteiger partial charge on any atom is -0.495 e. The van der Waals surface area contributed by atoms with Crippen molar-refractivity contribution in [2.45, 2.75) is 46.3 Å². The maximum atomic E-state index is 12.9. The number of β-lactam (4-membered cyclic amide) rings is 1. The predicted molar refractivity (Wildman–Crippen MR) is 111 cm³/mol. The van der Waals surface area contributed by atoms with E-state index < -0.39 is 36.2 Å². The molecule has 1 saturated heterocycles. The zero-order valence-electron chi connectivity index (χ0n) is 18.3. The number of esters is 2. The van der Waals surface area contributed by atoms with Crippen molar-refractivity contribution in [1.29, 1.82) is 0 Å². The summed E-state index contributed by atoms with van der Waals surface area (Å²) in [6, 6.07) is 4.71. The van der Waals surface area contributed by atoms with Gasteiger partial charge in [0.25, 0.3) is 0 Å². The molecule has 0 spiro atoms. The van der Waals surface area contributed by atoms with Crippen LogP contribution in [0, 0.1) is 11.3 Å². The first-order chi connectivity index (χ1) is 14.5. The normalized spacial score (nSPS) is 21.4. The molecular formula is C22H28N2O7. The van der Waals surface area contributed by atoms with Crippen molar-refractivity contribution < 1.29 is 33.7 Å². The zero-order chi connectivity index (χ0) is 23.1. The predicted octanol–water partition coefficient (Wildman–Crippen LogP) is 1.69. The molecule has 0 unspecified atom stereocenters. The Labute approximate surface area is 180 Å². The molecule has 31 heavy (non-hydrogen) atoms. The van der Waals surface area contributed by atoms with Crippen LogP contribution >= 0.6 is 0 Å². The smallest absolute Gasteiger partial charge is 0.358 e. The first-order valence-corrected chi connectivity index (χ1v) is 10.00. The summed E-state index contributed by atoms with van der Waals surface area (Å²) < 4.78 is 15.5. The van der Waals surface area contributed by atoms with E-state index in [1.165, 1.54) is 12.0 Å². The van der Waals surface area contributed by atoms with E-state index in [0.29, 0.717) is 29.0 Å². The van der Waals surface area contributed by atoms with E-state index in [4.69, 9.17) is 19.9 Å². The summed E-state index contributed by atoms with van der Waals surface area (Å²) in [6.07, 6.45) is -0.486. The summed E-state index contributed by atoms with van der Waals surface area (Å²) in [5.74, 6) is -1.82. The van der Waals surface area contributed by atoms with E-state index in [1.54, 1.807) is 45.9 Å². The van der Waals surface area contributed by atoms with Gasteiger partial charge in [0.2, 0.25) is 12.7 Å². The van der Waals surface area contributed by atoms with Gasteiger partial charge in [-0.3, -0.25) is 9.59 Å². The van der Waals surface area contributed by atoms with Crippen molar-refractivity contribution in [1.82, 2.24) is 4.90 Å². The summed E-state index contributed by atoms with van der Waals surface area (Å²) in [7, 11) is 1.48. The van der Waals surface area contributed by atoms with E-state index >= 15 is 0 Å². The number of aliphatic hydroxyl groups excluding tert-OH is 1. The maximum Gasteiger partial charge on any atom is 0.358 e. The number of nitrogens with two attached hydrogens (primary N) is 1. The third kappa shape index (κ3) is 4.10. The summed E-state index contributed by atoms with van der Waals surface area (Å²) >= 11 is 0. The minimum absolute atomic E-state index is 0.0746. The van der Waals surface area contributed by atoms with Gasteiger partial charge in [-0.15, -0.1) is 0 Å². The molecule has 3 atom stereocenters. The van der Waals surface area contributed by atoms with Crippen LogP contribution in [0.2, 0.25) is 0 Å². The molecular weight excluding hydrogens is 404 g/mol. The SMILES string of the molecule is COc1cc(C2=C(C(=O)OCOC(=O)C(C)(C)C)N3C(=O)[C@H]([C@@H](C)O)[C@H]3C2)ccc1N. The van der Waals surface area contributed by atoms with Crippen molar-refractivity contribution in [2.75, 3.05) is 19.6 Å². The lowest BCUT2D eigenvalue weighted by Gasteiger charge is -2.44. The second-order valence-corrected chi connectivity index (χ2v) is 8.76. The number of anilines is 1. The first kappa shape index (κ1) is 22.6. The average molecular weight is 432 g/mol. The summed E-state index contributed by atoms with van der Waals surface area (Å²) in [5, 5.41) is 9.99. The summed E-state index contributed by atoms with van der Waals surface area (Å²) in [6.45, 7) is 6.03. The highest BCUT2D eigenvalue weighted by Gasteiger charge is 2.57. The quantitative estimate of drug-likeness (QED) is 0.301. The van der Waals surface area contributed by atoms with Crippen LogP contribution < -0.4 is 10.5 Å². The molecule has 2 heterocycles. The Bertz CT molecular complexity index is 946. The Hall–Kier alpha value is -3.07. The second kappa shape index (κ2) is 8.22. The van der Waals surface area contributed by atoms with Crippen LogP contribution in [0.15, 0.2) is 23.9 Å². The molecule has 3 rings (SSSR count). The topological polar surface area (TPSA) is 128 Å². The fraction of sp³-hybridized carbons (Fsp3) is 0.500. The lowest BCUT2D eigenvalue weighted by molar-refractivity contribution is -0.175. The number of amides is 1. The molecule has 2 aliphatic heterocycles. The number of fused-ring (bicyclic) bond motifs is 1. The van der Waals surface area contributed by atoms with E-state index in [2.05, 4.69) is 0 Å². The molecule has 0 aromatic heterocycles. The molecule has 0 bridgehead atoms. The second-order valence-electron chi connectivity index (χ2n) is 8.76. The van der Waals surface area contributed by atoms with Gasteiger partial charge in [-0.2, -0.15) is 0 Å². The van der Waals surface area contributed by atoms with Crippen LogP contribution in [0.3, 0.4) is 0 Å². The molecule has 0 aliphatic carbocycles. The minimum atomic E-state index is -0.848. The van der Waals surface area contributed by atoms with Gasteiger partial charge in [-0.05, 0) is 57.4 Å². The highest BCUT2D eigenvalue weighted by atomic mass is 16.7. The Balaban J connectivity index is 1.89. The van der Waals surface area contributed by atoms with Crippen LogP contribution in [-0.4, -0.2) is 53.9 Å². The Kier molecular flexibility index (Phi) is 6.00. The van der Waals surface area contributed by atoms with Gasteiger partial charge in [0.15, 0.2) is 0 Å². The molecule has 168 valence electrons. The van der Waals surface area contributed by atoms with Crippen molar-refractivity contribution in [3.63, 3.8) is 0 Å². The number of hydrogen-bond donors (Lipinski definition) is 2. The summed E-state index contributed by atoms with van der Waals surface area (Å²) in [4.78, 5) is 38.8. The monoisotopic (exact) mass is 432 g/mol. The molecule has 1 fully saturated rings. The number of ether oxygens (including phenoxy) is 3. The fourth-order valence-electron chi connectivity index (χ4n) is 3.84. The van der Waals surface area contributed by atoms with E-state index in [-0.39, 0.29) is 17.6 Å². The molecule has 9 heteroatoms. The van der Waals surface area contributed by atoms with Gasteiger partial charge in [0.1, 0.15) is 11.4 Å². The lowest BCUT2D eigenvalue weighted by atomic mass is 9.82. The summed E-state index contributed by atoms with van der Waals surface area (Å²) in [5.41, 5.74) is 6.89. The zero-order valence-corrected chi connectivity index (χ0v) is 18.3. The number of methoxy groups -OCH3 is 1. The van der Waals surface area contributed by atoms with Gasteiger partial charge < -0.3 is 30.0 Å². The van der Waals surface area contributed by atoms with Crippen molar-refractivity contribution in [3.05, 3.63) is 29.5 Å². The number of aliphatic hydroxyl groups is 1. The van der Waals surface area contributed by atoms with E-state index in [1.807, 2.05) is 0 Å². The molecule has 2 aliphatic rings. The maximum absolute atomic E-state index is 12.9. The number of carbonyl (C=O) groups is 3. The van der Waals surface area contributed by atoms with E-state index in [0.717, 1.165) is 0 Å². The number of nitrogens with zero attached hydrogens (tertiary/aromatic N) is 1. The highest BCUT2D eigenvalue weighted by molar-refractivity contribution is 6.07. The molecule has 0 saturated carbocycles. The van der Waals surface area contributed by atoms with Gasteiger partial charge in [-0.1, -0.05) is 6.07 Å². The van der Waals surface area contributed by atoms with Crippen LogP contribution in [0.1, 0.15) is 39.7 Å². The largest absolute Gasteiger partial charge is 0.495 e. The molecule has 1 aromatic rings. The van der Waals surface area contributed by atoms with Gasteiger partial charge in [0, 0.05) is 0 Å². The van der Waals surface area contributed by atoms with Crippen LogP contribution in [0.4, 0.5) is 5.69 Å². The number of nitrogen functional groups attached to an aromatic ring is 1. The third-order valence-corrected chi connectivity index (χ3v) is 5.50. The van der Waals surface area contributed by atoms with Gasteiger partial charge in [-0.25, -0.2) is 4.79 Å². The third-order valence-electron chi connectivity index (χ3n) is 5.50.